The predicted molar refractivity (Wildman–Crippen MR) is 167 cm³/mol. The number of aromatic nitrogens is 2. The Morgan fingerprint density at radius 2 is 1.09 bits per heavy atom. The molecule has 8 bridgehead atoms. The van der Waals surface area contributed by atoms with Crippen LogP contribution < -0.4 is 14.5 Å². The van der Waals surface area contributed by atoms with E-state index in [2.05, 4.69) is 91.4 Å². The van der Waals surface area contributed by atoms with E-state index in [4.69, 9.17) is 4.74 Å². The van der Waals surface area contributed by atoms with Crippen LogP contribution in [0.15, 0.2) is 96.1 Å². The van der Waals surface area contributed by atoms with Crippen molar-refractivity contribution in [1.29, 1.82) is 0 Å². The van der Waals surface area contributed by atoms with Crippen molar-refractivity contribution in [2.24, 2.45) is 0 Å². The molecule has 4 aromatic rings. The zero-order valence-corrected chi connectivity index (χ0v) is 26.9. The molecule has 2 aromatic heterocycles. The molecule has 3 aliphatic heterocycles. The first-order valence-electron chi connectivity index (χ1n) is 15.7. The number of anilines is 2. The molecule has 10 rings (SSSR count). The topological polar surface area (TPSA) is 48.0 Å². The van der Waals surface area contributed by atoms with E-state index in [1.54, 1.807) is 0 Å². The largest absolute Gasteiger partial charge is 4.00 e. The van der Waals surface area contributed by atoms with Gasteiger partial charge in [-0.2, -0.15) is 12.1 Å². The number of ether oxygens (including phenoxy) is 1. The molecule has 0 fully saturated rings. The van der Waals surface area contributed by atoms with E-state index in [0.29, 0.717) is 11.5 Å². The fraction of sp³-hybridized carbons (Fsp3) is 0.243. The third kappa shape index (κ3) is 3.74. The van der Waals surface area contributed by atoms with E-state index in [0.717, 1.165) is 61.0 Å². The third-order valence-electron chi connectivity index (χ3n) is 10.1. The monoisotopic (exact) mass is 769 g/mol. The molecule has 6 aliphatic rings. The summed E-state index contributed by atoms with van der Waals surface area (Å²) in [5.74, 6) is 1.37. The van der Waals surface area contributed by atoms with Gasteiger partial charge in [0, 0.05) is 81.3 Å². The standard InChI is InChI=1S/C37H30N6O.Pt/c1-3-13-35-33(11-1)40-23-42(35)37(31-15-17-38-21-29(31)30-22-39-18-16-32(30)37)43-24-41(34-12-2-4-14-36(34)43)26-8-6-10-28(20-26)44-27-9-5-7-25(40)19-27;/h5-10,15-18,21-24H,1-4,11-14H2;/q-4;+4. The van der Waals surface area contributed by atoms with E-state index in [9.17, 15) is 0 Å². The molecule has 224 valence electrons. The van der Waals surface area contributed by atoms with Crippen molar-refractivity contribution in [2.75, 3.05) is 9.80 Å². The summed E-state index contributed by atoms with van der Waals surface area (Å²) in [6, 6.07) is 24.0. The minimum atomic E-state index is -0.661. The molecule has 0 saturated carbocycles. The fourth-order valence-corrected chi connectivity index (χ4v) is 8.26. The van der Waals surface area contributed by atoms with Crippen molar-refractivity contribution in [3.8, 4) is 22.6 Å². The van der Waals surface area contributed by atoms with Gasteiger partial charge in [-0.1, -0.05) is 0 Å². The third-order valence-corrected chi connectivity index (χ3v) is 10.1. The second-order valence-corrected chi connectivity index (χ2v) is 12.3. The molecule has 0 unspecified atom stereocenters. The fourth-order valence-electron chi connectivity index (χ4n) is 8.26. The Kier molecular flexibility index (Phi) is 6.18. The van der Waals surface area contributed by atoms with Crippen LogP contribution in [-0.2, 0) is 26.7 Å². The molecule has 0 saturated heterocycles. The van der Waals surface area contributed by atoms with Gasteiger partial charge in [-0.3, -0.25) is 9.97 Å². The molecule has 0 atom stereocenters. The van der Waals surface area contributed by atoms with Crippen molar-refractivity contribution in [2.45, 2.75) is 57.0 Å². The van der Waals surface area contributed by atoms with E-state index < -0.39 is 5.66 Å². The number of hydrogen-bond acceptors (Lipinski definition) is 7. The van der Waals surface area contributed by atoms with Crippen LogP contribution in [0.5, 0.6) is 11.5 Å². The van der Waals surface area contributed by atoms with Gasteiger partial charge in [-0.15, -0.1) is 61.1 Å². The molecule has 5 heterocycles. The molecular weight excluding hydrogens is 740 g/mol. The number of rotatable bonds is 0. The second kappa shape index (κ2) is 10.2. The average Bonchev–Trinajstić information content (AvgIpc) is 3.74. The van der Waals surface area contributed by atoms with Crippen LogP contribution in [-0.4, -0.2) is 19.8 Å². The number of hydrogen-bond donors (Lipinski definition) is 0. The molecule has 0 amide bonds. The van der Waals surface area contributed by atoms with Gasteiger partial charge < -0.3 is 24.3 Å². The molecule has 7 nitrogen and oxygen atoms in total. The van der Waals surface area contributed by atoms with Gasteiger partial charge in [0.1, 0.15) is 5.66 Å². The Hall–Kier alpha value is -4.09. The van der Waals surface area contributed by atoms with Crippen LogP contribution in [0, 0.1) is 25.5 Å². The maximum atomic E-state index is 6.41. The van der Waals surface area contributed by atoms with Gasteiger partial charge in [-0.05, 0) is 63.5 Å². The van der Waals surface area contributed by atoms with Gasteiger partial charge >= 0.3 is 21.1 Å². The first kappa shape index (κ1) is 27.2. The molecule has 3 aliphatic carbocycles. The summed E-state index contributed by atoms with van der Waals surface area (Å²) in [4.78, 5) is 19.1. The van der Waals surface area contributed by atoms with Crippen molar-refractivity contribution in [3.05, 3.63) is 133 Å². The van der Waals surface area contributed by atoms with Crippen LogP contribution in [0.3, 0.4) is 0 Å². The number of nitrogens with zero attached hydrogens (tertiary/aromatic N) is 6. The predicted octanol–water partition coefficient (Wildman–Crippen LogP) is 7.82. The Morgan fingerprint density at radius 3 is 1.58 bits per heavy atom. The summed E-state index contributed by atoms with van der Waals surface area (Å²) in [6.45, 7) is 4.67. The summed E-state index contributed by atoms with van der Waals surface area (Å²) >= 11 is 0. The number of benzene rings is 2. The minimum absolute atomic E-state index is 0. The molecule has 0 N–H and O–H groups in total. The SMILES string of the molecule is [Pt+4].[c-]1c2cccc1N1[CH-]N(C3=C1CCCC3)C1(c3ccncc3-c3cnccc31)N1[CH-]N(C3=C1CCCC3)c1[c-]c(ccc1)O2. The molecule has 8 heteroatoms. The summed E-state index contributed by atoms with van der Waals surface area (Å²) in [6.07, 6.45) is 16.7. The summed E-state index contributed by atoms with van der Waals surface area (Å²) < 4.78 is 6.41. The van der Waals surface area contributed by atoms with Gasteiger partial charge in [0.15, 0.2) is 0 Å². The normalized spacial score (nSPS) is 20.3. The Balaban J connectivity index is 0.00000281. The molecule has 2 aromatic carbocycles. The van der Waals surface area contributed by atoms with Crippen molar-refractivity contribution in [3.63, 3.8) is 0 Å². The maximum absolute atomic E-state index is 6.41. The van der Waals surface area contributed by atoms with Crippen molar-refractivity contribution < 1.29 is 25.8 Å². The molecule has 45 heavy (non-hydrogen) atoms. The van der Waals surface area contributed by atoms with E-state index in [1.165, 1.54) is 46.8 Å². The Bertz CT molecular complexity index is 1780. The zero-order valence-electron chi connectivity index (χ0n) is 24.6. The molecular formula is C37H30N6OPt. The van der Waals surface area contributed by atoms with Crippen LogP contribution >= 0.6 is 0 Å². The first-order valence-corrected chi connectivity index (χ1v) is 15.7. The van der Waals surface area contributed by atoms with Crippen molar-refractivity contribution >= 4 is 11.4 Å². The van der Waals surface area contributed by atoms with Gasteiger partial charge in [0.05, 0.1) is 0 Å². The summed E-state index contributed by atoms with van der Waals surface area (Å²) in [5, 5.41) is 0. The van der Waals surface area contributed by atoms with E-state index in [-0.39, 0.29) is 21.1 Å². The van der Waals surface area contributed by atoms with Gasteiger partial charge in [0.25, 0.3) is 0 Å². The quantitative estimate of drug-likeness (QED) is 0.169. The van der Waals surface area contributed by atoms with Crippen LogP contribution in [0.4, 0.5) is 11.4 Å². The summed E-state index contributed by atoms with van der Waals surface area (Å²) in [5.41, 5.74) is 11.5. The van der Waals surface area contributed by atoms with Crippen LogP contribution in [0.2, 0.25) is 0 Å². The average molecular weight is 770 g/mol. The Labute approximate surface area is 278 Å². The van der Waals surface area contributed by atoms with Gasteiger partial charge in [-0.25, -0.2) is 0 Å². The number of allylic oxidation sites excluding steroid dienone is 4. The van der Waals surface area contributed by atoms with Gasteiger partial charge in [0.2, 0.25) is 0 Å². The van der Waals surface area contributed by atoms with Crippen LogP contribution in [0.1, 0.15) is 62.5 Å². The molecule has 1 spiro atoms. The van der Waals surface area contributed by atoms with Crippen molar-refractivity contribution in [1.82, 2.24) is 19.8 Å². The zero-order chi connectivity index (χ0) is 28.8. The van der Waals surface area contributed by atoms with E-state index in [1.807, 2.05) is 36.9 Å². The maximum Gasteiger partial charge on any atom is 4.00 e. The smallest absolute Gasteiger partial charge is 0.509 e. The second-order valence-electron chi connectivity index (χ2n) is 12.3. The Morgan fingerprint density at radius 1 is 0.622 bits per heavy atom. The minimum Gasteiger partial charge on any atom is -0.509 e. The molecule has 0 radical (unpaired) electrons. The summed E-state index contributed by atoms with van der Waals surface area (Å²) in [7, 11) is 0. The number of pyridine rings is 2. The van der Waals surface area contributed by atoms with E-state index >= 15 is 0 Å². The first-order chi connectivity index (χ1) is 21.8. The van der Waals surface area contributed by atoms with Crippen LogP contribution in [0.25, 0.3) is 11.1 Å². The number of fused-ring (bicyclic) bond motifs is 21.